The Balaban J connectivity index is 1.64. The summed E-state index contributed by atoms with van der Waals surface area (Å²) in [5, 5.41) is 14.9. The van der Waals surface area contributed by atoms with E-state index in [1.165, 1.54) is 0 Å². The number of aliphatic hydroxyl groups excluding tert-OH is 1. The Morgan fingerprint density at radius 3 is 2.35 bits per heavy atom. The van der Waals surface area contributed by atoms with Crippen molar-refractivity contribution < 1.29 is 14.6 Å². The zero-order valence-electron chi connectivity index (χ0n) is 12.9. The van der Waals surface area contributed by atoms with Gasteiger partial charge in [-0.1, -0.05) is 60.7 Å². The number of amides is 2. The van der Waals surface area contributed by atoms with E-state index in [-0.39, 0.29) is 12.6 Å². The van der Waals surface area contributed by atoms with Gasteiger partial charge in [0.2, 0.25) is 0 Å². The van der Waals surface area contributed by atoms with Crippen molar-refractivity contribution in [2.24, 2.45) is 0 Å². The van der Waals surface area contributed by atoms with Crippen LogP contribution in [0.3, 0.4) is 0 Å². The topological polar surface area (TPSA) is 70.6 Å². The first-order valence-corrected chi connectivity index (χ1v) is 7.61. The van der Waals surface area contributed by atoms with Gasteiger partial charge in [-0.3, -0.25) is 0 Å². The third-order valence-electron chi connectivity index (χ3n) is 3.33. The van der Waals surface area contributed by atoms with Crippen LogP contribution < -0.4 is 10.6 Å². The van der Waals surface area contributed by atoms with Crippen molar-refractivity contribution in [1.29, 1.82) is 0 Å². The summed E-state index contributed by atoms with van der Waals surface area (Å²) in [4.78, 5) is 11.8. The molecule has 23 heavy (non-hydrogen) atoms. The number of hydrogen-bond donors (Lipinski definition) is 3. The van der Waals surface area contributed by atoms with Crippen LogP contribution in [0, 0.1) is 0 Å². The lowest BCUT2D eigenvalue weighted by atomic mass is 10.1. The molecule has 122 valence electrons. The Morgan fingerprint density at radius 2 is 1.70 bits per heavy atom. The third kappa shape index (κ3) is 6.10. The van der Waals surface area contributed by atoms with Crippen molar-refractivity contribution in [2.45, 2.75) is 12.6 Å². The molecule has 5 heteroatoms. The molecule has 0 spiro atoms. The van der Waals surface area contributed by atoms with Crippen LogP contribution in [0.5, 0.6) is 0 Å². The van der Waals surface area contributed by atoms with E-state index in [0.717, 1.165) is 11.1 Å². The second-order valence-corrected chi connectivity index (χ2v) is 5.08. The van der Waals surface area contributed by atoms with Crippen LogP contribution in [-0.2, 0) is 11.3 Å². The number of nitrogens with one attached hydrogen (secondary N) is 2. The summed E-state index contributed by atoms with van der Waals surface area (Å²) in [5.74, 6) is 0. The fourth-order valence-corrected chi connectivity index (χ4v) is 2.13. The third-order valence-corrected chi connectivity index (χ3v) is 3.33. The van der Waals surface area contributed by atoms with Gasteiger partial charge < -0.3 is 20.5 Å². The molecule has 2 amide bonds. The Bertz CT molecular complexity index is 575. The van der Waals surface area contributed by atoms with Crippen LogP contribution >= 0.6 is 0 Å². The minimum Gasteiger partial charge on any atom is -0.394 e. The van der Waals surface area contributed by atoms with Crippen LogP contribution in [0.1, 0.15) is 17.2 Å². The van der Waals surface area contributed by atoms with Crippen LogP contribution in [0.15, 0.2) is 60.7 Å². The van der Waals surface area contributed by atoms with Gasteiger partial charge in [0, 0.05) is 6.54 Å². The fraction of sp³-hybridized carbons (Fsp3) is 0.278. The van der Waals surface area contributed by atoms with Gasteiger partial charge in [0.05, 0.1) is 25.9 Å². The maximum Gasteiger partial charge on any atom is 0.315 e. The second kappa shape index (κ2) is 9.61. The Morgan fingerprint density at radius 1 is 1.04 bits per heavy atom. The van der Waals surface area contributed by atoms with Crippen molar-refractivity contribution in [3.05, 3.63) is 71.8 Å². The number of benzene rings is 2. The molecular formula is C18H22N2O3. The van der Waals surface area contributed by atoms with Crippen LogP contribution in [0.25, 0.3) is 0 Å². The molecule has 0 saturated carbocycles. The van der Waals surface area contributed by atoms with Gasteiger partial charge in [-0.15, -0.1) is 0 Å². The monoisotopic (exact) mass is 314 g/mol. The highest BCUT2D eigenvalue weighted by molar-refractivity contribution is 5.74. The predicted octanol–water partition coefficient (Wildman–Crippen LogP) is 2.24. The lowest BCUT2D eigenvalue weighted by molar-refractivity contribution is 0.123. The Labute approximate surface area is 136 Å². The molecular weight excluding hydrogens is 292 g/mol. The van der Waals surface area contributed by atoms with Crippen LogP contribution in [0.4, 0.5) is 4.79 Å². The van der Waals surface area contributed by atoms with Gasteiger partial charge in [-0.05, 0) is 11.1 Å². The van der Waals surface area contributed by atoms with Crippen LogP contribution in [-0.4, -0.2) is 30.9 Å². The average Bonchev–Trinajstić information content (AvgIpc) is 2.61. The molecule has 5 nitrogen and oxygen atoms in total. The molecule has 0 aliphatic rings. The Hall–Kier alpha value is -2.37. The minimum absolute atomic E-state index is 0.151. The molecule has 0 saturated heterocycles. The first kappa shape index (κ1) is 17.0. The molecule has 0 heterocycles. The SMILES string of the molecule is O=C(NCCOCc1ccccc1)NC(CO)c1ccccc1. The average molecular weight is 314 g/mol. The van der Waals surface area contributed by atoms with E-state index in [1.54, 1.807) is 0 Å². The molecule has 0 fully saturated rings. The van der Waals surface area contributed by atoms with E-state index < -0.39 is 6.04 Å². The van der Waals surface area contributed by atoms with Gasteiger partial charge in [-0.2, -0.15) is 0 Å². The number of carbonyl (C=O) groups is 1. The van der Waals surface area contributed by atoms with Gasteiger partial charge in [0.1, 0.15) is 0 Å². The van der Waals surface area contributed by atoms with E-state index in [4.69, 9.17) is 4.74 Å². The molecule has 1 unspecified atom stereocenters. The lowest BCUT2D eigenvalue weighted by Gasteiger charge is -2.17. The summed E-state index contributed by atoms with van der Waals surface area (Å²) >= 11 is 0. The van der Waals surface area contributed by atoms with E-state index in [2.05, 4.69) is 10.6 Å². The highest BCUT2D eigenvalue weighted by Crippen LogP contribution is 2.10. The minimum atomic E-state index is -0.415. The quantitative estimate of drug-likeness (QED) is 0.654. The molecule has 3 N–H and O–H groups in total. The molecule has 0 radical (unpaired) electrons. The highest BCUT2D eigenvalue weighted by Gasteiger charge is 2.12. The van der Waals surface area contributed by atoms with Gasteiger partial charge >= 0.3 is 6.03 Å². The summed E-state index contributed by atoms with van der Waals surface area (Å²) in [7, 11) is 0. The molecule has 0 aliphatic heterocycles. The van der Waals surface area contributed by atoms with E-state index >= 15 is 0 Å². The van der Waals surface area contributed by atoms with Crippen molar-refractivity contribution in [3.63, 3.8) is 0 Å². The zero-order chi connectivity index (χ0) is 16.3. The Kier molecular flexibility index (Phi) is 7.10. The first-order chi connectivity index (χ1) is 11.3. The molecule has 1 atom stereocenters. The van der Waals surface area contributed by atoms with E-state index in [0.29, 0.717) is 19.8 Å². The van der Waals surface area contributed by atoms with Crippen molar-refractivity contribution in [1.82, 2.24) is 10.6 Å². The summed E-state index contributed by atoms with van der Waals surface area (Å²) in [6.45, 7) is 1.21. The predicted molar refractivity (Wildman–Crippen MR) is 88.9 cm³/mol. The van der Waals surface area contributed by atoms with Crippen molar-refractivity contribution in [3.8, 4) is 0 Å². The van der Waals surface area contributed by atoms with Crippen molar-refractivity contribution >= 4 is 6.03 Å². The second-order valence-electron chi connectivity index (χ2n) is 5.08. The first-order valence-electron chi connectivity index (χ1n) is 7.61. The molecule has 2 rings (SSSR count). The lowest BCUT2D eigenvalue weighted by Crippen LogP contribution is -2.40. The van der Waals surface area contributed by atoms with Crippen LogP contribution in [0.2, 0.25) is 0 Å². The van der Waals surface area contributed by atoms with Gasteiger partial charge in [0.15, 0.2) is 0 Å². The summed E-state index contributed by atoms with van der Waals surface area (Å²) in [6, 6.07) is 18.5. The van der Waals surface area contributed by atoms with Gasteiger partial charge in [-0.25, -0.2) is 4.79 Å². The fourth-order valence-electron chi connectivity index (χ4n) is 2.13. The molecule has 2 aromatic carbocycles. The zero-order valence-corrected chi connectivity index (χ0v) is 12.9. The van der Waals surface area contributed by atoms with Gasteiger partial charge in [0.25, 0.3) is 0 Å². The summed E-state index contributed by atoms with van der Waals surface area (Å²) < 4.78 is 5.49. The van der Waals surface area contributed by atoms with Crippen molar-refractivity contribution in [2.75, 3.05) is 19.8 Å². The number of hydrogen-bond acceptors (Lipinski definition) is 3. The molecule has 2 aromatic rings. The summed E-state index contributed by atoms with van der Waals surface area (Å²) in [5.41, 5.74) is 1.96. The summed E-state index contributed by atoms with van der Waals surface area (Å²) in [6.07, 6.45) is 0. The number of ether oxygens (including phenoxy) is 1. The number of aliphatic hydroxyl groups is 1. The largest absolute Gasteiger partial charge is 0.394 e. The molecule has 0 aliphatic carbocycles. The smallest absolute Gasteiger partial charge is 0.315 e. The van der Waals surface area contributed by atoms with E-state index in [1.807, 2.05) is 60.7 Å². The highest BCUT2D eigenvalue weighted by atomic mass is 16.5. The number of rotatable bonds is 8. The number of carbonyl (C=O) groups excluding carboxylic acids is 1. The normalized spacial score (nSPS) is 11.7. The maximum atomic E-state index is 11.8. The molecule has 0 bridgehead atoms. The maximum absolute atomic E-state index is 11.8. The number of urea groups is 1. The molecule has 0 aromatic heterocycles. The standard InChI is InChI=1S/C18H22N2O3/c21-13-17(16-9-5-2-6-10-16)20-18(22)19-11-12-23-14-15-7-3-1-4-8-15/h1-10,17,21H,11-14H2,(H2,19,20,22). The van der Waals surface area contributed by atoms with E-state index in [9.17, 15) is 9.90 Å².